The van der Waals surface area contributed by atoms with E-state index in [9.17, 15) is 4.79 Å². The van der Waals surface area contributed by atoms with Gasteiger partial charge in [-0.3, -0.25) is 4.79 Å². The van der Waals surface area contributed by atoms with E-state index in [1.54, 1.807) is 50.4 Å². The van der Waals surface area contributed by atoms with E-state index in [1.807, 2.05) is 18.2 Å². The van der Waals surface area contributed by atoms with Crippen LogP contribution in [0.4, 0.5) is 0 Å². The first kappa shape index (κ1) is 19.7. The van der Waals surface area contributed by atoms with Crippen LogP contribution in [0.15, 0.2) is 47.0 Å². The van der Waals surface area contributed by atoms with E-state index in [4.69, 9.17) is 25.6 Å². The average Bonchev–Trinajstić information content (AvgIpc) is 3.17. The monoisotopic (exact) mass is 401 g/mol. The molecule has 7 nitrogen and oxygen atoms in total. The molecule has 3 aromatic rings. The minimum Gasteiger partial charge on any atom is -0.493 e. The zero-order valence-corrected chi connectivity index (χ0v) is 16.6. The van der Waals surface area contributed by atoms with Crippen LogP contribution in [-0.4, -0.2) is 42.2 Å². The molecule has 8 heteroatoms. The Labute approximate surface area is 167 Å². The van der Waals surface area contributed by atoms with E-state index in [1.165, 1.54) is 0 Å². The number of hydrogen-bond acceptors (Lipinski definition) is 6. The summed E-state index contributed by atoms with van der Waals surface area (Å²) in [5, 5.41) is 4.63. The number of hydrogen-bond donors (Lipinski definition) is 0. The predicted molar refractivity (Wildman–Crippen MR) is 104 cm³/mol. The summed E-state index contributed by atoms with van der Waals surface area (Å²) < 4.78 is 15.8. The van der Waals surface area contributed by atoms with Gasteiger partial charge in [-0.25, -0.2) is 0 Å². The smallest absolute Gasteiger partial charge is 0.246 e. The summed E-state index contributed by atoms with van der Waals surface area (Å²) in [5.41, 5.74) is 1.61. The Kier molecular flexibility index (Phi) is 6.16. The van der Waals surface area contributed by atoms with Crippen molar-refractivity contribution < 1.29 is 18.8 Å². The molecule has 0 unspecified atom stereocenters. The van der Waals surface area contributed by atoms with Crippen LogP contribution in [0.2, 0.25) is 5.02 Å². The number of aromatic nitrogens is 2. The summed E-state index contributed by atoms with van der Waals surface area (Å²) in [5.74, 6) is 1.88. The maximum atomic E-state index is 12.4. The number of benzene rings is 2. The van der Waals surface area contributed by atoms with Crippen LogP contribution in [0, 0.1) is 0 Å². The third-order valence-electron chi connectivity index (χ3n) is 4.18. The predicted octanol–water partition coefficient (Wildman–Crippen LogP) is 3.61. The molecule has 0 aliphatic heterocycles. The molecule has 1 aromatic heterocycles. The molecule has 1 heterocycles. The lowest BCUT2D eigenvalue weighted by molar-refractivity contribution is -0.130. The van der Waals surface area contributed by atoms with Crippen molar-refractivity contribution in [2.45, 2.75) is 13.0 Å². The molecule has 3 rings (SSSR count). The lowest BCUT2D eigenvalue weighted by atomic mass is 10.1. The number of ether oxygens (including phenoxy) is 2. The van der Waals surface area contributed by atoms with E-state index >= 15 is 0 Å². The number of amides is 1. The van der Waals surface area contributed by atoms with Crippen LogP contribution in [0.1, 0.15) is 11.5 Å². The molecule has 0 spiro atoms. The SMILES string of the molecule is COc1ccc(-c2noc(CN(C)C(=O)Cc3ccc(Cl)cc3)n2)cc1OC. The van der Waals surface area contributed by atoms with Crippen LogP contribution in [-0.2, 0) is 17.8 Å². The number of carbonyl (C=O) groups is 1. The van der Waals surface area contributed by atoms with Gasteiger partial charge in [-0.1, -0.05) is 28.9 Å². The average molecular weight is 402 g/mol. The Hall–Kier alpha value is -3.06. The largest absolute Gasteiger partial charge is 0.493 e. The second kappa shape index (κ2) is 8.75. The van der Waals surface area contributed by atoms with Crippen molar-refractivity contribution in [3.63, 3.8) is 0 Å². The third kappa shape index (κ3) is 4.61. The fourth-order valence-corrected chi connectivity index (χ4v) is 2.74. The molecule has 2 aromatic carbocycles. The molecule has 0 atom stereocenters. The summed E-state index contributed by atoms with van der Waals surface area (Å²) in [4.78, 5) is 18.3. The molecule has 0 N–H and O–H groups in total. The van der Waals surface area contributed by atoms with Gasteiger partial charge in [0.05, 0.1) is 27.2 Å². The Morgan fingerprint density at radius 1 is 1.11 bits per heavy atom. The second-order valence-electron chi connectivity index (χ2n) is 6.13. The van der Waals surface area contributed by atoms with Crippen molar-refractivity contribution >= 4 is 17.5 Å². The van der Waals surface area contributed by atoms with E-state index in [0.29, 0.717) is 28.2 Å². The van der Waals surface area contributed by atoms with Gasteiger partial charge >= 0.3 is 0 Å². The quantitative estimate of drug-likeness (QED) is 0.601. The number of methoxy groups -OCH3 is 2. The van der Waals surface area contributed by atoms with Gasteiger partial charge in [0.2, 0.25) is 17.6 Å². The van der Waals surface area contributed by atoms with Crippen LogP contribution >= 0.6 is 11.6 Å². The highest BCUT2D eigenvalue weighted by Gasteiger charge is 2.16. The molecule has 0 saturated carbocycles. The highest BCUT2D eigenvalue weighted by molar-refractivity contribution is 6.30. The zero-order valence-electron chi connectivity index (χ0n) is 15.8. The molecule has 1 amide bonds. The first-order valence-electron chi connectivity index (χ1n) is 8.53. The number of nitrogens with zero attached hydrogens (tertiary/aromatic N) is 3. The highest BCUT2D eigenvalue weighted by Crippen LogP contribution is 2.31. The van der Waals surface area contributed by atoms with Crippen molar-refractivity contribution in [3.05, 3.63) is 58.9 Å². The summed E-state index contributed by atoms with van der Waals surface area (Å²) in [7, 11) is 4.82. The topological polar surface area (TPSA) is 77.7 Å². The standard InChI is InChI=1S/C20H20ClN3O4/c1-24(19(25)10-13-4-7-15(21)8-5-13)12-18-22-20(23-28-18)14-6-9-16(26-2)17(11-14)27-3/h4-9,11H,10,12H2,1-3H3. The van der Waals surface area contributed by atoms with Gasteiger partial charge in [-0.15, -0.1) is 0 Å². The Balaban J connectivity index is 1.66. The van der Waals surface area contributed by atoms with Crippen molar-refractivity contribution in [2.75, 3.05) is 21.3 Å². The Morgan fingerprint density at radius 3 is 2.50 bits per heavy atom. The van der Waals surface area contributed by atoms with Gasteiger partial charge < -0.3 is 18.9 Å². The molecule has 0 aliphatic rings. The van der Waals surface area contributed by atoms with Crippen molar-refractivity contribution in [3.8, 4) is 22.9 Å². The number of carbonyl (C=O) groups excluding carboxylic acids is 1. The van der Waals surface area contributed by atoms with Crippen LogP contribution in [0.25, 0.3) is 11.4 Å². The fraction of sp³-hybridized carbons (Fsp3) is 0.250. The molecule has 0 saturated heterocycles. The van der Waals surface area contributed by atoms with Crippen molar-refractivity contribution in [1.29, 1.82) is 0 Å². The highest BCUT2D eigenvalue weighted by atomic mass is 35.5. The molecule has 0 bridgehead atoms. The van der Waals surface area contributed by atoms with Crippen molar-refractivity contribution in [1.82, 2.24) is 15.0 Å². The molecular weight excluding hydrogens is 382 g/mol. The molecule has 28 heavy (non-hydrogen) atoms. The van der Waals surface area contributed by atoms with Gasteiger partial charge in [0.15, 0.2) is 11.5 Å². The minimum absolute atomic E-state index is 0.0619. The van der Waals surface area contributed by atoms with Gasteiger partial charge in [0.25, 0.3) is 0 Å². The Bertz CT molecular complexity index is 956. The molecular formula is C20H20ClN3O4. The normalized spacial score (nSPS) is 10.6. The summed E-state index contributed by atoms with van der Waals surface area (Å²) in [6.45, 7) is 0.215. The van der Waals surface area contributed by atoms with Gasteiger partial charge in [-0.05, 0) is 35.9 Å². The van der Waals surface area contributed by atoms with E-state index in [2.05, 4.69) is 10.1 Å². The minimum atomic E-state index is -0.0619. The lowest BCUT2D eigenvalue weighted by Crippen LogP contribution is -2.27. The van der Waals surface area contributed by atoms with Gasteiger partial charge in [0, 0.05) is 17.6 Å². The molecule has 0 aliphatic carbocycles. The summed E-state index contributed by atoms with van der Waals surface area (Å²) in [6.07, 6.45) is 0.268. The maximum Gasteiger partial charge on any atom is 0.246 e. The number of rotatable bonds is 7. The number of halogens is 1. The van der Waals surface area contributed by atoms with E-state index in [0.717, 1.165) is 11.1 Å². The zero-order chi connectivity index (χ0) is 20.1. The fourth-order valence-electron chi connectivity index (χ4n) is 2.61. The summed E-state index contributed by atoms with van der Waals surface area (Å²) in [6, 6.07) is 12.5. The van der Waals surface area contributed by atoms with E-state index < -0.39 is 0 Å². The van der Waals surface area contributed by atoms with Gasteiger partial charge in [-0.2, -0.15) is 4.98 Å². The lowest BCUT2D eigenvalue weighted by Gasteiger charge is -2.14. The van der Waals surface area contributed by atoms with Crippen molar-refractivity contribution in [2.24, 2.45) is 0 Å². The first-order valence-corrected chi connectivity index (χ1v) is 8.91. The third-order valence-corrected chi connectivity index (χ3v) is 4.43. The first-order chi connectivity index (χ1) is 13.5. The van der Waals surface area contributed by atoms with Gasteiger partial charge in [0.1, 0.15) is 0 Å². The van der Waals surface area contributed by atoms with E-state index in [-0.39, 0.29) is 18.9 Å². The number of likely N-dealkylation sites (N-methyl/N-ethyl adjacent to an activating group) is 1. The molecule has 146 valence electrons. The van der Waals surface area contributed by atoms with Crippen LogP contribution in [0.3, 0.4) is 0 Å². The Morgan fingerprint density at radius 2 is 1.82 bits per heavy atom. The maximum absolute atomic E-state index is 12.4. The van der Waals surface area contributed by atoms with Crippen LogP contribution in [0.5, 0.6) is 11.5 Å². The molecule has 0 fully saturated rings. The second-order valence-corrected chi connectivity index (χ2v) is 6.57. The van der Waals surface area contributed by atoms with Crippen LogP contribution < -0.4 is 9.47 Å². The summed E-state index contributed by atoms with van der Waals surface area (Å²) >= 11 is 5.87. The molecule has 0 radical (unpaired) electrons.